The standard InChI is InChI=1S/C15H14O/c1-12-5-2-3-8-15(12)10-13-6-4-7-14(9-13)11-16/h2-9,11H,10H2,1H3. The van der Waals surface area contributed by atoms with Crippen molar-refractivity contribution in [3.05, 3.63) is 70.8 Å². The first kappa shape index (κ1) is 10.6. The molecule has 0 amide bonds. The molecule has 1 heteroatoms. The largest absolute Gasteiger partial charge is 0.298 e. The second-order valence-electron chi connectivity index (χ2n) is 3.97. The van der Waals surface area contributed by atoms with E-state index in [0.29, 0.717) is 0 Å². The summed E-state index contributed by atoms with van der Waals surface area (Å²) in [7, 11) is 0. The Morgan fingerprint density at radius 2 is 1.88 bits per heavy atom. The van der Waals surface area contributed by atoms with Crippen LogP contribution in [0, 0.1) is 6.92 Å². The molecule has 0 saturated heterocycles. The first-order chi connectivity index (χ1) is 7.79. The Bertz CT molecular complexity index is 500. The van der Waals surface area contributed by atoms with Crippen LogP contribution in [0.25, 0.3) is 0 Å². The van der Waals surface area contributed by atoms with Crippen LogP contribution in [0.4, 0.5) is 0 Å². The van der Waals surface area contributed by atoms with Crippen molar-refractivity contribution in [2.24, 2.45) is 0 Å². The summed E-state index contributed by atoms with van der Waals surface area (Å²) in [6.07, 6.45) is 1.77. The van der Waals surface area contributed by atoms with E-state index in [9.17, 15) is 4.79 Å². The molecule has 2 rings (SSSR count). The molecule has 0 radical (unpaired) electrons. The molecule has 0 aliphatic heterocycles. The molecular formula is C15H14O. The Balaban J connectivity index is 2.27. The van der Waals surface area contributed by atoms with E-state index >= 15 is 0 Å². The number of rotatable bonds is 3. The highest BCUT2D eigenvalue weighted by atomic mass is 16.1. The third-order valence-corrected chi connectivity index (χ3v) is 2.74. The van der Waals surface area contributed by atoms with E-state index in [1.165, 1.54) is 16.7 Å². The molecule has 0 heterocycles. The van der Waals surface area contributed by atoms with Crippen LogP contribution in [0.2, 0.25) is 0 Å². The van der Waals surface area contributed by atoms with Gasteiger partial charge in [-0.1, -0.05) is 42.5 Å². The van der Waals surface area contributed by atoms with Crippen molar-refractivity contribution in [3.8, 4) is 0 Å². The fourth-order valence-corrected chi connectivity index (χ4v) is 1.80. The van der Waals surface area contributed by atoms with Gasteiger partial charge in [0, 0.05) is 5.56 Å². The van der Waals surface area contributed by atoms with Crippen molar-refractivity contribution in [3.63, 3.8) is 0 Å². The van der Waals surface area contributed by atoms with E-state index in [1.54, 1.807) is 0 Å². The smallest absolute Gasteiger partial charge is 0.150 e. The van der Waals surface area contributed by atoms with Gasteiger partial charge in [0.1, 0.15) is 6.29 Å². The van der Waals surface area contributed by atoms with Crippen molar-refractivity contribution < 1.29 is 4.79 Å². The summed E-state index contributed by atoms with van der Waals surface area (Å²) < 4.78 is 0. The monoisotopic (exact) mass is 210 g/mol. The van der Waals surface area contributed by atoms with Crippen LogP contribution in [-0.4, -0.2) is 6.29 Å². The van der Waals surface area contributed by atoms with Crippen LogP contribution in [0.15, 0.2) is 48.5 Å². The molecule has 2 aromatic rings. The van der Waals surface area contributed by atoms with Crippen LogP contribution >= 0.6 is 0 Å². The number of hydrogen-bond donors (Lipinski definition) is 0. The van der Waals surface area contributed by atoms with Gasteiger partial charge in [0.25, 0.3) is 0 Å². The second-order valence-corrected chi connectivity index (χ2v) is 3.97. The first-order valence-corrected chi connectivity index (χ1v) is 5.38. The van der Waals surface area contributed by atoms with E-state index < -0.39 is 0 Å². The number of aryl methyl sites for hydroxylation is 1. The van der Waals surface area contributed by atoms with Crippen molar-refractivity contribution in [1.82, 2.24) is 0 Å². The minimum absolute atomic E-state index is 0.742. The van der Waals surface area contributed by atoms with Gasteiger partial charge in [-0.15, -0.1) is 0 Å². The fraction of sp³-hybridized carbons (Fsp3) is 0.133. The highest BCUT2D eigenvalue weighted by Crippen LogP contribution is 2.14. The number of carbonyl (C=O) groups excluding carboxylic acids is 1. The first-order valence-electron chi connectivity index (χ1n) is 5.38. The van der Waals surface area contributed by atoms with Crippen molar-refractivity contribution in [2.45, 2.75) is 13.3 Å². The number of hydrogen-bond acceptors (Lipinski definition) is 1. The molecule has 16 heavy (non-hydrogen) atoms. The van der Waals surface area contributed by atoms with Crippen LogP contribution in [0.1, 0.15) is 27.0 Å². The Morgan fingerprint density at radius 1 is 1.06 bits per heavy atom. The maximum atomic E-state index is 10.7. The molecule has 0 spiro atoms. The quantitative estimate of drug-likeness (QED) is 0.710. The van der Waals surface area contributed by atoms with Gasteiger partial charge in [-0.05, 0) is 36.1 Å². The minimum Gasteiger partial charge on any atom is -0.298 e. The predicted octanol–water partition coefficient (Wildman–Crippen LogP) is 3.40. The topological polar surface area (TPSA) is 17.1 Å². The zero-order valence-electron chi connectivity index (χ0n) is 9.31. The lowest BCUT2D eigenvalue weighted by molar-refractivity contribution is 0.112. The molecule has 2 aromatic carbocycles. The maximum Gasteiger partial charge on any atom is 0.150 e. The van der Waals surface area contributed by atoms with Gasteiger partial charge in [0.05, 0.1) is 0 Å². The van der Waals surface area contributed by atoms with Crippen LogP contribution < -0.4 is 0 Å². The number of benzene rings is 2. The molecule has 0 aliphatic rings. The summed E-state index contributed by atoms with van der Waals surface area (Å²) in [6.45, 7) is 2.11. The van der Waals surface area contributed by atoms with Crippen molar-refractivity contribution >= 4 is 6.29 Å². The molecule has 80 valence electrons. The molecule has 0 aromatic heterocycles. The third-order valence-electron chi connectivity index (χ3n) is 2.74. The summed E-state index contributed by atoms with van der Waals surface area (Å²) in [5.41, 5.74) is 4.52. The Hall–Kier alpha value is -1.89. The lowest BCUT2D eigenvalue weighted by Gasteiger charge is -2.05. The Morgan fingerprint density at radius 3 is 2.62 bits per heavy atom. The molecule has 1 nitrogen and oxygen atoms in total. The average Bonchev–Trinajstić information content (AvgIpc) is 2.32. The van der Waals surface area contributed by atoms with Crippen LogP contribution in [0.5, 0.6) is 0 Å². The minimum atomic E-state index is 0.742. The molecule has 0 fully saturated rings. The summed E-state index contributed by atoms with van der Waals surface area (Å²) in [5.74, 6) is 0. The van der Waals surface area contributed by atoms with Gasteiger partial charge in [-0.25, -0.2) is 0 Å². The second kappa shape index (κ2) is 4.75. The summed E-state index contributed by atoms with van der Waals surface area (Å²) >= 11 is 0. The highest BCUT2D eigenvalue weighted by Gasteiger charge is 2.00. The third kappa shape index (κ3) is 2.37. The molecule has 0 aliphatic carbocycles. The summed E-state index contributed by atoms with van der Waals surface area (Å²) in [4.78, 5) is 10.7. The highest BCUT2D eigenvalue weighted by molar-refractivity contribution is 5.74. The fourth-order valence-electron chi connectivity index (χ4n) is 1.80. The van der Waals surface area contributed by atoms with E-state index in [-0.39, 0.29) is 0 Å². The predicted molar refractivity (Wildman–Crippen MR) is 65.8 cm³/mol. The maximum absolute atomic E-state index is 10.7. The summed E-state index contributed by atoms with van der Waals surface area (Å²) in [6, 6.07) is 16.1. The molecule has 0 bridgehead atoms. The summed E-state index contributed by atoms with van der Waals surface area (Å²) in [5, 5.41) is 0. The zero-order valence-corrected chi connectivity index (χ0v) is 9.31. The molecular weight excluding hydrogens is 196 g/mol. The van der Waals surface area contributed by atoms with E-state index in [1.807, 2.05) is 30.3 Å². The van der Waals surface area contributed by atoms with Gasteiger partial charge in [-0.3, -0.25) is 4.79 Å². The van der Waals surface area contributed by atoms with E-state index in [0.717, 1.165) is 18.3 Å². The van der Waals surface area contributed by atoms with Gasteiger partial charge in [-0.2, -0.15) is 0 Å². The Kier molecular flexibility index (Phi) is 3.16. The molecule has 0 N–H and O–H groups in total. The van der Waals surface area contributed by atoms with Crippen LogP contribution in [-0.2, 0) is 6.42 Å². The number of aldehydes is 1. The molecule has 0 unspecified atom stereocenters. The van der Waals surface area contributed by atoms with Gasteiger partial charge < -0.3 is 0 Å². The SMILES string of the molecule is Cc1ccccc1Cc1cccc(C=O)c1. The lowest BCUT2D eigenvalue weighted by Crippen LogP contribution is -1.92. The van der Waals surface area contributed by atoms with Crippen molar-refractivity contribution in [1.29, 1.82) is 0 Å². The molecule has 0 atom stereocenters. The van der Waals surface area contributed by atoms with E-state index in [2.05, 4.69) is 25.1 Å². The van der Waals surface area contributed by atoms with Gasteiger partial charge in [0.15, 0.2) is 0 Å². The zero-order chi connectivity index (χ0) is 11.4. The van der Waals surface area contributed by atoms with Gasteiger partial charge >= 0.3 is 0 Å². The van der Waals surface area contributed by atoms with Crippen LogP contribution in [0.3, 0.4) is 0 Å². The lowest BCUT2D eigenvalue weighted by atomic mass is 10.00. The average molecular weight is 210 g/mol. The molecule has 0 saturated carbocycles. The van der Waals surface area contributed by atoms with Gasteiger partial charge in [0.2, 0.25) is 0 Å². The van der Waals surface area contributed by atoms with E-state index in [4.69, 9.17) is 0 Å². The number of carbonyl (C=O) groups is 1. The normalized spacial score (nSPS) is 10.1. The van der Waals surface area contributed by atoms with Crippen molar-refractivity contribution in [2.75, 3.05) is 0 Å². The Labute approximate surface area is 95.7 Å².